The second-order valence-electron chi connectivity index (χ2n) is 4.90. The monoisotopic (exact) mass is 300 g/mol. The highest BCUT2D eigenvalue weighted by Gasteiger charge is 2.32. The van der Waals surface area contributed by atoms with Gasteiger partial charge in [0.1, 0.15) is 5.82 Å². The second-order valence-corrected chi connectivity index (χ2v) is 4.90. The van der Waals surface area contributed by atoms with Gasteiger partial charge in [0.25, 0.3) is 0 Å². The van der Waals surface area contributed by atoms with Crippen LogP contribution in [0.1, 0.15) is 42.5 Å². The van der Waals surface area contributed by atoms with Crippen LogP contribution in [0.4, 0.5) is 13.2 Å². The number of alkyl halides is 3. The zero-order valence-corrected chi connectivity index (χ0v) is 11.6. The van der Waals surface area contributed by atoms with Crippen LogP contribution in [0.2, 0.25) is 0 Å². The number of benzene rings is 1. The zero-order chi connectivity index (χ0) is 15.8. The first-order chi connectivity index (χ1) is 9.74. The first-order valence-electron chi connectivity index (χ1n) is 6.54. The molecule has 0 amide bonds. The van der Waals surface area contributed by atoms with Crippen LogP contribution in [0, 0.1) is 0 Å². The number of imidazole rings is 1. The van der Waals surface area contributed by atoms with Crippen molar-refractivity contribution in [1.29, 1.82) is 0 Å². The topological polar surface area (TPSA) is 55.1 Å². The Bertz CT molecular complexity index is 677. The minimum absolute atomic E-state index is 0.0336. The summed E-state index contributed by atoms with van der Waals surface area (Å²) in [4.78, 5) is 15.6. The molecule has 1 aromatic carbocycles. The fourth-order valence-corrected chi connectivity index (χ4v) is 2.52. The van der Waals surface area contributed by atoms with Gasteiger partial charge >= 0.3 is 12.1 Å². The highest BCUT2D eigenvalue weighted by atomic mass is 19.4. The smallest absolute Gasteiger partial charge is 0.391 e. The molecular weight excluding hydrogens is 285 g/mol. The Morgan fingerprint density at radius 2 is 2.10 bits per heavy atom. The van der Waals surface area contributed by atoms with Crippen molar-refractivity contribution in [3.63, 3.8) is 0 Å². The predicted octanol–water partition coefficient (Wildman–Crippen LogP) is 3.81. The van der Waals surface area contributed by atoms with Gasteiger partial charge in [-0.3, -0.25) is 0 Å². The number of aromatic carboxylic acids is 1. The first kappa shape index (κ1) is 15.3. The van der Waals surface area contributed by atoms with Crippen LogP contribution in [-0.4, -0.2) is 26.8 Å². The van der Waals surface area contributed by atoms with Gasteiger partial charge in [-0.25, -0.2) is 9.78 Å². The van der Waals surface area contributed by atoms with E-state index in [2.05, 4.69) is 4.98 Å². The van der Waals surface area contributed by atoms with Gasteiger partial charge in [-0.2, -0.15) is 13.2 Å². The number of hydrogen-bond acceptors (Lipinski definition) is 2. The average molecular weight is 300 g/mol. The zero-order valence-electron chi connectivity index (χ0n) is 11.6. The summed E-state index contributed by atoms with van der Waals surface area (Å²) in [6, 6.07) is 3.61. The van der Waals surface area contributed by atoms with Crippen molar-refractivity contribution in [2.75, 3.05) is 0 Å². The number of carboxylic acids is 1. The maximum absolute atomic E-state index is 12.6. The molecule has 1 atom stereocenters. The van der Waals surface area contributed by atoms with Gasteiger partial charge in [-0.05, 0) is 19.1 Å². The Morgan fingerprint density at radius 3 is 2.62 bits per heavy atom. The Labute approximate surface area is 119 Å². The van der Waals surface area contributed by atoms with E-state index in [0.717, 1.165) is 0 Å². The SMILES string of the molecule is CCc1nc2cccc(C(=O)O)c2n1C(C)CC(F)(F)F. The van der Waals surface area contributed by atoms with Crippen molar-refractivity contribution in [2.45, 2.75) is 38.9 Å². The summed E-state index contributed by atoms with van der Waals surface area (Å²) >= 11 is 0. The lowest BCUT2D eigenvalue weighted by Gasteiger charge is -2.19. The van der Waals surface area contributed by atoms with Crippen LogP contribution in [0.3, 0.4) is 0 Å². The summed E-state index contributed by atoms with van der Waals surface area (Å²) in [5.41, 5.74) is 0.619. The lowest BCUT2D eigenvalue weighted by molar-refractivity contribution is -0.141. The lowest BCUT2D eigenvalue weighted by Crippen LogP contribution is -2.19. The van der Waals surface area contributed by atoms with Crippen LogP contribution in [0.15, 0.2) is 18.2 Å². The van der Waals surface area contributed by atoms with Gasteiger partial charge in [0.2, 0.25) is 0 Å². The van der Waals surface area contributed by atoms with Gasteiger partial charge < -0.3 is 9.67 Å². The molecule has 0 bridgehead atoms. The molecular formula is C14H15F3N2O2. The third-order valence-corrected chi connectivity index (χ3v) is 3.30. The molecule has 0 saturated heterocycles. The number of para-hydroxylation sites is 1. The van der Waals surface area contributed by atoms with Crippen molar-refractivity contribution < 1.29 is 23.1 Å². The summed E-state index contributed by atoms with van der Waals surface area (Å²) in [5.74, 6) is -0.723. The number of hydrogen-bond donors (Lipinski definition) is 1. The number of carboxylic acid groups (broad SMARTS) is 1. The van der Waals surface area contributed by atoms with Gasteiger partial charge in [0.05, 0.1) is 23.0 Å². The van der Waals surface area contributed by atoms with Crippen molar-refractivity contribution in [3.05, 3.63) is 29.6 Å². The van der Waals surface area contributed by atoms with E-state index in [1.165, 1.54) is 23.6 Å². The van der Waals surface area contributed by atoms with E-state index >= 15 is 0 Å². The number of aromatic nitrogens is 2. The molecule has 4 nitrogen and oxygen atoms in total. The molecule has 0 saturated carbocycles. The van der Waals surface area contributed by atoms with E-state index < -0.39 is 24.6 Å². The fraction of sp³-hybridized carbons (Fsp3) is 0.429. The Hall–Kier alpha value is -2.05. The van der Waals surface area contributed by atoms with Crippen molar-refractivity contribution in [3.8, 4) is 0 Å². The van der Waals surface area contributed by atoms with Crippen LogP contribution >= 0.6 is 0 Å². The quantitative estimate of drug-likeness (QED) is 0.934. The molecule has 0 fully saturated rings. The summed E-state index contributed by atoms with van der Waals surface area (Å²) in [5, 5.41) is 9.24. The molecule has 0 aliphatic heterocycles. The van der Waals surface area contributed by atoms with Crippen LogP contribution < -0.4 is 0 Å². The van der Waals surface area contributed by atoms with E-state index in [-0.39, 0.29) is 11.1 Å². The number of aryl methyl sites for hydroxylation is 1. The van der Waals surface area contributed by atoms with Gasteiger partial charge in [0.15, 0.2) is 0 Å². The second kappa shape index (κ2) is 5.38. The average Bonchev–Trinajstić information content (AvgIpc) is 2.74. The summed E-state index contributed by atoms with van der Waals surface area (Å²) in [6.45, 7) is 3.20. The highest BCUT2D eigenvalue weighted by molar-refractivity contribution is 6.01. The van der Waals surface area contributed by atoms with Crippen molar-refractivity contribution in [1.82, 2.24) is 9.55 Å². The molecule has 21 heavy (non-hydrogen) atoms. The van der Waals surface area contributed by atoms with Crippen LogP contribution in [-0.2, 0) is 6.42 Å². The fourth-order valence-electron chi connectivity index (χ4n) is 2.52. The standard InChI is InChI=1S/C14H15F3N2O2/c1-3-11-18-10-6-4-5-9(13(20)21)12(10)19(11)8(2)7-14(15,16)17/h4-6,8H,3,7H2,1-2H3,(H,20,21). The molecule has 0 spiro atoms. The third-order valence-electron chi connectivity index (χ3n) is 3.30. The summed E-state index contributed by atoms with van der Waals surface area (Å²) in [6.07, 6.45) is -4.92. The third kappa shape index (κ3) is 3.01. The molecule has 1 aromatic heterocycles. The lowest BCUT2D eigenvalue weighted by atomic mass is 10.1. The van der Waals surface area contributed by atoms with Crippen LogP contribution in [0.5, 0.6) is 0 Å². The number of rotatable bonds is 4. The van der Waals surface area contributed by atoms with Crippen molar-refractivity contribution in [2.24, 2.45) is 0 Å². The number of carbonyl (C=O) groups is 1. The van der Waals surface area contributed by atoms with E-state index in [4.69, 9.17) is 0 Å². The highest BCUT2D eigenvalue weighted by Crippen LogP contribution is 2.32. The molecule has 1 unspecified atom stereocenters. The molecule has 0 aliphatic carbocycles. The normalized spacial score (nSPS) is 13.6. The van der Waals surface area contributed by atoms with Gasteiger partial charge in [-0.1, -0.05) is 13.0 Å². The summed E-state index contributed by atoms with van der Waals surface area (Å²) < 4.78 is 39.3. The maximum Gasteiger partial charge on any atom is 0.391 e. The number of fused-ring (bicyclic) bond motifs is 1. The number of nitrogens with zero attached hydrogens (tertiary/aromatic N) is 2. The minimum Gasteiger partial charge on any atom is -0.478 e. The molecule has 1 heterocycles. The first-order valence-corrected chi connectivity index (χ1v) is 6.54. The molecule has 0 radical (unpaired) electrons. The molecule has 0 aliphatic rings. The maximum atomic E-state index is 12.6. The van der Waals surface area contributed by atoms with Crippen molar-refractivity contribution >= 4 is 17.0 Å². The number of halogens is 3. The molecule has 7 heteroatoms. The largest absolute Gasteiger partial charge is 0.478 e. The Kier molecular flexibility index (Phi) is 3.93. The van der Waals surface area contributed by atoms with Gasteiger partial charge in [0, 0.05) is 12.5 Å². The van der Waals surface area contributed by atoms with E-state index in [0.29, 0.717) is 17.8 Å². The Morgan fingerprint density at radius 1 is 1.43 bits per heavy atom. The molecule has 2 aromatic rings. The molecule has 114 valence electrons. The Balaban J connectivity index is 2.67. The van der Waals surface area contributed by atoms with E-state index in [1.807, 2.05) is 0 Å². The van der Waals surface area contributed by atoms with E-state index in [9.17, 15) is 23.1 Å². The minimum atomic E-state index is -4.32. The van der Waals surface area contributed by atoms with Gasteiger partial charge in [-0.15, -0.1) is 0 Å². The predicted molar refractivity (Wildman–Crippen MR) is 71.5 cm³/mol. The van der Waals surface area contributed by atoms with E-state index in [1.54, 1.807) is 13.0 Å². The molecule has 2 rings (SSSR count). The summed E-state index contributed by atoms with van der Waals surface area (Å²) in [7, 11) is 0. The molecule has 1 N–H and O–H groups in total. The van der Waals surface area contributed by atoms with Crippen LogP contribution in [0.25, 0.3) is 11.0 Å².